The van der Waals surface area contributed by atoms with Crippen molar-refractivity contribution in [2.45, 2.75) is 32.4 Å². The second-order valence-electron chi connectivity index (χ2n) is 6.42. The maximum Gasteiger partial charge on any atom is 0.268 e. The highest BCUT2D eigenvalue weighted by atomic mass is 16.5. The summed E-state index contributed by atoms with van der Waals surface area (Å²) < 4.78 is 11.0. The lowest BCUT2D eigenvalue weighted by Crippen LogP contribution is -2.43. The van der Waals surface area contributed by atoms with Crippen LogP contribution in [-0.2, 0) is 11.2 Å². The van der Waals surface area contributed by atoms with Crippen LogP contribution < -0.4 is 9.64 Å². The number of rotatable bonds is 4. The number of para-hydroxylation sites is 1. The number of carbonyl (C=O) groups excluding carboxylic acids is 1. The van der Waals surface area contributed by atoms with Crippen molar-refractivity contribution >= 4 is 11.6 Å². The van der Waals surface area contributed by atoms with Crippen molar-refractivity contribution in [3.63, 3.8) is 0 Å². The second-order valence-corrected chi connectivity index (χ2v) is 6.42. The molecule has 4 rings (SSSR count). The van der Waals surface area contributed by atoms with Gasteiger partial charge in [-0.15, -0.1) is 10.2 Å². The summed E-state index contributed by atoms with van der Waals surface area (Å²) in [6.45, 7) is 3.84. The van der Waals surface area contributed by atoms with Crippen LogP contribution in [0, 0.1) is 0 Å². The fraction of sp³-hybridized carbons (Fsp3) is 0.250. The van der Waals surface area contributed by atoms with Gasteiger partial charge in [-0.05, 0) is 56.2 Å². The van der Waals surface area contributed by atoms with Crippen LogP contribution in [0.4, 0.5) is 5.69 Å². The first kappa shape index (κ1) is 16.3. The third-order valence-corrected chi connectivity index (χ3v) is 4.57. The molecule has 6 nitrogen and oxygen atoms in total. The van der Waals surface area contributed by atoms with Crippen molar-refractivity contribution in [1.82, 2.24) is 10.2 Å². The summed E-state index contributed by atoms with van der Waals surface area (Å²) in [6, 6.07) is 15.4. The Morgan fingerprint density at radius 3 is 2.73 bits per heavy atom. The van der Waals surface area contributed by atoms with Crippen molar-refractivity contribution in [2.75, 3.05) is 4.90 Å². The third-order valence-electron chi connectivity index (χ3n) is 4.57. The molecular weight excluding hydrogens is 330 g/mol. The number of amides is 1. The Hall–Kier alpha value is -3.15. The summed E-state index contributed by atoms with van der Waals surface area (Å²) in [5, 5.41) is 7.53. The number of hydrogen-bond donors (Lipinski definition) is 0. The summed E-state index contributed by atoms with van der Waals surface area (Å²) in [7, 11) is 0. The first-order valence-electron chi connectivity index (χ1n) is 8.57. The molecule has 0 bridgehead atoms. The molecule has 26 heavy (non-hydrogen) atoms. The van der Waals surface area contributed by atoms with Crippen LogP contribution in [0.1, 0.15) is 19.4 Å². The first-order valence-corrected chi connectivity index (χ1v) is 8.57. The van der Waals surface area contributed by atoms with Gasteiger partial charge < -0.3 is 14.1 Å². The molecule has 2 heterocycles. The zero-order valence-corrected chi connectivity index (χ0v) is 14.6. The predicted octanol–water partition coefficient (Wildman–Crippen LogP) is 3.48. The van der Waals surface area contributed by atoms with E-state index in [4.69, 9.17) is 9.15 Å². The molecule has 0 saturated carbocycles. The molecule has 1 aromatic heterocycles. The average molecular weight is 349 g/mol. The fourth-order valence-electron chi connectivity index (χ4n) is 3.33. The molecule has 1 aliphatic rings. The average Bonchev–Trinajstić information content (AvgIpc) is 3.29. The van der Waals surface area contributed by atoms with Gasteiger partial charge in [0.25, 0.3) is 5.91 Å². The van der Waals surface area contributed by atoms with Gasteiger partial charge in [0.15, 0.2) is 6.10 Å². The van der Waals surface area contributed by atoms with Gasteiger partial charge >= 0.3 is 0 Å². The van der Waals surface area contributed by atoms with Gasteiger partial charge in [-0.2, -0.15) is 0 Å². The van der Waals surface area contributed by atoms with Crippen LogP contribution in [0.3, 0.4) is 0 Å². The Morgan fingerprint density at radius 2 is 2.00 bits per heavy atom. The Bertz CT molecular complexity index is 906. The zero-order valence-electron chi connectivity index (χ0n) is 14.6. The Balaban J connectivity index is 1.48. The molecule has 3 aromatic rings. The summed E-state index contributed by atoms with van der Waals surface area (Å²) >= 11 is 0. The maximum atomic E-state index is 12.9. The largest absolute Gasteiger partial charge is 0.481 e. The third kappa shape index (κ3) is 2.94. The van der Waals surface area contributed by atoms with Gasteiger partial charge in [0, 0.05) is 17.3 Å². The molecular formula is C20H19N3O3. The van der Waals surface area contributed by atoms with Crippen LogP contribution in [0.25, 0.3) is 11.5 Å². The highest BCUT2D eigenvalue weighted by Gasteiger charge is 2.33. The van der Waals surface area contributed by atoms with Crippen molar-refractivity contribution in [3.05, 3.63) is 60.5 Å². The number of ether oxygens (including phenoxy) is 1. The molecule has 0 N–H and O–H groups in total. The first-order chi connectivity index (χ1) is 12.6. The minimum absolute atomic E-state index is 0.0385. The zero-order chi connectivity index (χ0) is 18.1. The van der Waals surface area contributed by atoms with E-state index < -0.39 is 6.10 Å². The molecule has 132 valence electrons. The highest BCUT2D eigenvalue weighted by molar-refractivity contribution is 5.99. The molecule has 0 saturated heterocycles. The molecule has 2 atom stereocenters. The highest BCUT2D eigenvalue weighted by Crippen LogP contribution is 2.32. The van der Waals surface area contributed by atoms with Crippen molar-refractivity contribution in [3.8, 4) is 17.2 Å². The van der Waals surface area contributed by atoms with E-state index in [1.165, 1.54) is 12.0 Å². The quantitative estimate of drug-likeness (QED) is 0.721. The van der Waals surface area contributed by atoms with Crippen molar-refractivity contribution < 1.29 is 13.9 Å². The van der Waals surface area contributed by atoms with E-state index in [1.807, 2.05) is 35.2 Å². The van der Waals surface area contributed by atoms with Gasteiger partial charge in [-0.1, -0.05) is 18.2 Å². The van der Waals surface area contributed by atoms with Gasteiger partial charge in [0.1, 0.15) is 5.75 Å². The fourth-order valence-corrected chi connectivity index (χ4v) is 3.33. The number of carbonyl (C=O) groups is 1. The molecule has 1 aliphatic heterocycles. The molecule has 2 aromatic carbocycles. The lowest BCUT2D eigenvalue weighted by molar-refractivity contribution is -0.124. The van der Waals surface area contributed by atoms with E-state index in [0.717, 1.165) is 17.7 Å². The van der Waals surface area contributed by atoms with Crippen LogP contribution in [0.5, 0.6) is 5.75 Å². The Kier molecular flexibility index (Phi) is 4.16. The predicted molar refractivity (Wildman–Crippen MR) is 96.9 cm³/mol. The summed E-state index contributed by atoms with van der Waals surface area (Å²) in [4.78, 5) is 14.8. The van der Waals surface area contributed by atoms with Crippen molar-refractivity contribution in [2.24, 2.45) is 0 Å². The Morgan fingerprint density at radius 1 is 1.23 bits per heavy atom. The lowest BCUT2D eigenvalue weighted by atomic mass is 10.1. The van der Waals surface area contributed by atoms with Gasteiger partial charge in [-0.25, -0.2) is 0 Å². The number of hydrogen-bond acceptors (Lipinski definition) is 5. The maximum absolute atomic E-state index is 12.9. The standard InChI is InChI=1S/C20H19N3O3/c1-13-11-16-5-3-4-6-18(16)23(13)20(24)14(2)26-17-9-7-15(8-10-17)19-22-21-12-25-19/h3-10,12-14H,11H2,1-2H3. The van der Waals surface area contributed by atoms with Crippen LogP contribution in [-0.4, -0.2) is 28.3 Å². The number of fused-ring (bicyclic) bond motifs is 1. The minimum Gasteiger partial charge on any atom is -0.481 e. The van der Waals surface area contributed by atoms with E-state index in [2.05, 4.69) is 23.2 Å². The monoisotopic (exact) mass is 349 g/mol. The van der Waals surface area contributed by atoms with E-state index in [1.54, 1.807) is 19.1 Å². The topological polar surface area (TPSA) is 68.5 Å². The van der Waals surface area contributed by atoms with Crippen LogP contribution >= 0.6 is 0 Å². The second kappa shape index (κ2) is 6.63. The normalized spacial score (nSPS) is 17.0. The van der Waals surface area contributed by atoms with Crippen LogP contribution in [0.2, 0.25) is 0 Å². The molecule has 6 heteroatoms. The van der Waals surface area contributed by atoms with E-state index in [-0.39, 0.29) is 11.9 Å². The minimum atomic E-state index is -0.585. The summed E-state index contributed by atoms with van der Waals surface area (Å²) in [5.74, 6) is 1.03. The smallest absolute Gasteiger partial charge is 0.268 e. The van der Waals surface area contributed by atoms with E-state index in [9.17, 15) is 4.79 Å². The lowest BCUT2D eigenvalue weighted by Gasteiger charge is -2.26. The van der Waals surface area contributed by atoms with Gasteiger partial charge in [0.05, 0.1) is 0 Å². The molecule has 0 aliphatic carbocycles. The van der Waals surface area contributed by atoms with Gasteiger partial charge in [0.2, 0.25) is 12.3 Å². The Labute approximate surface area is 151 Å². The SMILES string of the molecule is CC(Oc1ccc(-c2nnco2)cc1)C(=O)N1c2ccccc2CC1C. The molecule has 0 radical (unpaired) electrons. The molecule has 0 fully saturated rings. The number of aromatic nitrogens is 2. The summed E-state index contributed by atoms with van der Waals surface area (Å²) in [6.07, 6.45) is 1.57. The van der Waals surface area contributed by atoms with E-state index >= 15 is 0 Å². The van der Waals surface area contributed by atoms with E-state index in [0.29, 0.717) is 11.6 Å². The van der Waals surface area contributed by atoms with Crippen molar-refractivity contribution in [1.29, 1.82) is 0 Å². The molecule has 1 amide bonds. The van der Waals surface area contributed by atoms with Gasteiger partial charge in [-0.3, -0.25) is 4.79 Å². The summed E-state index contributed by atoms with van der Waals surface area (Å²) in [5.41, 5.74) is 2.98. The number of benzene rings is 2. The number of anilines is 1. The molecule has 0 spiro atoms. The van der Waals surface area contributed by atoms with Crippen LogP contribution in [0.15, 0.2) is 59.3 Å². The number of nitrogens with zero attached hydrogens (tertiary/aromatic N) is 3. The molecule has 2 unspecified atom stereocenters.